The lowest BCUT2D eigenvalue weighted by Crippen LogP contribution is -2.29. The highest BCUT2D eigenvalue weighted by Crippen LogP contribution is 2.24. The second kappa shape index (κ2) is 11.6. The Labute approximate surface area is 181 Å². The Balaban J connectivity index is 0.000000222. The summed E-state index contributed by atoms with van der Waals surface area (Å²) in [5.74, 6) is 0.249. The van der Waals surface area contributed by atoms with Gasteiger partial charge in [-0.3, -0.25) is 4.79 Å². The molecule has 3 nitrogen and oxygen atoms in total. The first-order valence-corrected chi connectivity index (χ1v) is 11.1. The largest absolute Gasteiger partial charge is 0.508 e. The lowest BCUT2D eigenvalue weighted by molar-refractivity contribution is -0.160. The van der Waals surface area contributed by atoms with Crippen LogP contribution >= 0.6 is 0 Å². The van der Waals surface area contributed by atoms with Crippen LogP contribution in [0.5, 0.6) is 5.75 Å². The minimum absolute atomic E-state index is 0.0561. The molecule has 162 valence electrons. The van der Waals surface area contributed by atoms with Gasteiger partial charge in [0.1, 0.15) is 11.9 Å². The van der Waals surface area contributed by atoms with Crippen LogP contribution in [0.3, 0.4) is 0 Å². The molecule has 0 unspecified atom stereocenters. The number of esters is 1. The number of hydrogen-bond acceptors (Lipinski definition) is 3. The number of phenolic OH excluding ortho intramolecular Hbond substituents is 1. The smallest absolute Gasteiger partial charge is 0.311 e. The SMILES string of the molecule is CC(C)(C)C(=O)OC1CCCCC1.CC/C(=C/c1ccc(O)cc1)c1ccccc1. The van der Waals surface area contributed by atoms with Crippen molar-refractivity contribution in [1.29, 1.82) is 0 Å². The van der Waals surface area contributed by atoms with E-state index in [9.17, 15) is 9.90 Å². The standard InChI is InChI=1S/C16H16O.C11H20O2/c1-2-14(15-6-4-3-5-7-15)12-13-8-10-16(17)11-9-13;1-11(2,3)10(12)13-9-7-5-4-6-8-9/h3-12,17H,2H2,1H3;9H,4-8H2,1-3H3/b14-12-;. The second-order valence-corrected chi connectivity index (χ2v) is 8.90. The first kappa shape index (κ1) is 23.7. The molecule has 1 aliphatic rings. The number of carbonyl (C=O) groups excluding carboxylic acids is 1. The van der Waals surface area contributed by atoms with Crippen LogP contribution in [0, 0.1) is 5.41 Å². The highest BCUT2D eigenvalue weighted by atomic mass is 16.5. The van der Waals surface area contributed by atoms with Crippen LogP contribution in [0.2, 0.25) is 0 Å². The molecular formula is C27H36O3. The topological polar surface area (TPSA) is 46.5 Å². The summed E-state index contributed by atoms with van der Waals surface area (Å²) in [4.78, 5) is 11.5. The zero-order valence-electron chi connectivity index (χ0n) is 18.9. The summed E-state index contributed by atoms with van der Waals surface area (Å²) in [5.41, 5.74) is 3.32. The van der Waals surface area contributed by atoms with Gasteiger partial charge < -0.3 is 9.84 Å². The Morgan fingerprint density at radius 3 is 2.13 bits per heavy atom. The normalized spacial score (nSPS) is 15.1. The lowest BCUT2D eigenvalue weighted by atomic mass is 9.95. The quantitative estimate of drug-likeness (QED) is 0.428. The molecule has 0 saturated heterocycles. The van der Waals surface area contributed by atoms with Gasteiger partial charge in [-0.2, -0.15) is 0 Å². The van der Waals surface area contributed by atoms with Crippen LogP contribution in [0.1, 0.15) is 77.3 Å². The fraction of sp³-hybridized carbons (Fsp3) is 0.444. The monoisotopic (exact) mass is 408 g/mol. The van der Waals surface area contributed by atoms with Crippen molar-refractivity contribution in [3.05, 3.63) is 65.7 Å². The van der Waals surface area contributed by atoms with Crippen molar-refractivity contribution < 1.29 is 14.6 Å². The van der Waals surface area contributed by atoms with E-state index in [-0.39, 0.29) is 17.5 Å². The fourth-order valence-electron chi connectivity index (χ4n) is 3.32. The lowest BCUT2D eigenvalue weighted by Gasteiger charge is -2.25. The number of rotatable bonds is 4. The van der Waals surface area contributed by atoms with E-state index in [0.29, 0.717) is 5.75 Å². The van der Waals surface area contributed by atoms with Crippen LogP contribution in [-0.4, -0.2) is 17.2 Å². The molecular weight excluding hydrogens is 372 g/mol. The molecule has 1 N–H and O–H groups in total. The van der Waals surface area contributed by atoms with Gasteiger partial charge in [-0.15, -0.1) is 0 Å². The third-order valence-corrected chi connectivity index (χ3v) is 5.20. The Hall–Kier alpha value is -2.55. The number of carbonyl (C=O) groups is 1. The Bertz CT molecular complexity index is 792. The van der Waals surface area contributed by atoms with Gasteiger partial charge in [-0.1, -0.05) is 61.9 Å². The number of benzene rings is 2. The van der Waals surface area contributed by atoms with Crippen molar-refractivity contribution in [3.8, 4) is 5.75 Å². The molecule has 1 aliphatic carbocycles. The Morgan fingerprint density at radius 2 is 1.60 bits per heavy atom. The zero-order chi connectivity index (χ0) is 22.0. The zero-order valence-corrected chi connectivity index (χ0v) is 18.9. The maximum Gasteiger partial charge on any atom is 0.311 e. The molecule has 3 rings (SSSR count). The fourth-order valence-corrected chi connectivity index (χ4v) is 3.32. The maximum atomic E-state index is 11.5. The van der Waals surface area contributed by atoms with Gasteiger partial charge in [0.05, 0.1) is 5.41 Å². The average Bonchev–Trinajstić information content (AvgIpc) is 2.74. The van der Waals surface area contributed by atoms with Crippen molar-refractivity contribution in [2.24, 2.45) is 5.41 Å². The van der Waals surface area contributed by atoms with Crippen molar-refractivity contribution in [2.75, 3.05) is 0 Å². The molecule has 0 radical (unpaired) electrons. The average molecular weight is 409 g/mol. The van der Waals surface area contributed by atoms with Crippen LogP contribution in [0.15, 0.2) is 54.6 Å². The van der Waals surface area contributed by atoms with Crippen LogP contribution in [-0.2, 0) is 9.53 Å². The third kappa shape index (κ3) is 8.06. The molecule has 0 amide bonds. The van der Waals surface area contributed by atoms with Gasteiger partial charge in [-0.05, 0) is 81.7 Å². The van der Waals surface area contributed by atoms with Crippen LogP contribution < -0.4 is 0 Å². The molecule has 30 heavy (non-hydrogen) atoms. The Kier molecular flexibility index (Phi) is 9.16. The van der Waals surface area contributed by atoms with E-state index < -0.39 is 0 Å². The molecule has 2 aromatic carbocycles. The molecule has 2 aromatic rings. The predicted octanol–water partition coefficient (Wildman–Crippen LogP) is 7.25. The minimum Gasteiger partial charge on any atom is -0.508 e. The summed E-state index contributed by atoms with van der Waals surface area (Å²) in [6.45, 7) is 7.85. The van der Waals surface area contributed by atoms with Gasteiger partial charge >= 0.3 is 5.97 Å². The van der Waals surface area contributed by atoms with E-state index in [2.05, 4.69) is 37.3 Å². The molecule has 0 aromatic heterocycles. The van der Waals surface area contributed by atoms with Crippen molar-refractivity contribution in [3.63, 3.8) is 0 Å². The summed E-state index contributed by atoms with van der Waals surface area (Å²) >= 11 is 0. The van der Waals surface area contributed by atoms with E-state index in [4.69, 9.17) is 4.74 Å². The van der Waals surface area contributed by atoms with Gasteiger partial charge in [0, 0.05) is 0 Å². The molecule has 0 bridgehead atoms. The van der Waals surface area contributed by atoms with Gasteiger partial charge in [0.25, 0.3) is 0 Å². The first-order valence-electron chi connectivity index (χ1n) is 11.1. The van der Waals surface area contributed by atoms with Gasteiger partial charge in [0.15, 0.2) is 0 Å². The molecule has 1 fully saturated rings. The van der Waals surface area contributed by atoms with Crippen LogP contribution in [0.25, 0.3) is 11.6 Å². The molecule has 0 spiro atoms. The van der Waals surface area contributed by atoms with Crippen molar-refractivity contribution in [1.82, 2.24) is 0 Å². The molecule has 0 aliphatic heterocycles. The van der Waals surface area contributed by atoms with Crippen molar-refractivity contribution in [2.45, 2.75) is 72.3 Å². The van der Waals surface area contributed by atoms with E-state index in [1.807, 2.05) is 39.0 Å². The second-order valence-electron chi connectivity index (χ2n) is 8.90. The summed E-state index contributed by atoms with van der Waals surface area (Å²) in [7, 11) is 0. The third-order valence-electron chi connectivity index (χ3n) is 5.20. The van der Waals surface area contributed by atoms with Gasteiger partial charge in [-0.25, -0.2) is 0 Å². The van der Waals surface area contributed by atoms with E-state index in [0.717, 1.165) is 24.8 Å². The summed E-state index contributed by atoms with van der Waals surface area (Å²) < 4.78 is 5.42. The molecule has 0 heterocycles. The molecule has 3 heteroatoms. The van der Waals surface area contributed by atoms with E-state index >= 15 is 0 Å². The number of aromatic hydroxyl groups is 1. The number of ether oxygens (including phenoxy) is 1. The summed E-state index contributed by atoms with van der Waals surface area (Å²) in [6.07, 6.45) is 9.18. The van der Waals surface area contributed by atoms with Crippen LogP contribution in [0.4, 0.5) is 0 Å². The molecule has 0 atom stereocenters. The van der Waals surface area contributed by atoms with Crippen molar-refractivity contribution >= 4 is 17.6 Å². The number of phenols is 1. The van der Waals surface area contributed by atoms with E-state index in [1.165, 1.54) is 30.4 Å². The Morgan fingerprint density at radius 1 is 1.00 bits per heavy atom. The summed E-state index contributed by atoms with van der Waals surface area (Å²) in [6, 6.07) is 17.6. The number of hydrogen-bond donors (Lipinski definition) is 1. The van der Waals surface area contributed by atoms with E-state index in [1.54, 1.807) is 12.1 Å². The highest BCUT2D eigenvalue weighted by molar-refractivity contribution is 5.81. The van der Waals surface area contributed by atoms with Gasteiger partial charge in [0.2, 0.25) is 0 Å². The first-order chi connectivity index (χ1) is 14.3. The minimum atomic E-state index is -0.350. The highest BCUT2D eigenvalue weighted by Gasteiger charge is 2.26. The number of allylic oxidation sites excluding steroid dienone is 1. The summed E-state index contributed by atoms with van der Waals surface area (Å²) in [5, 5.41) is 9.24. The molecule has 1 saturated carbocycles. The maximum absolute atomic E-state index is 11.5. The predicted molar refractivity (Wildman–Crippen MR) is 125 cm³/mol.